The molecule has 1 unspecified atom stereocenters. The molecule has 1 rings (SSSR count). The number of ether oxygens (including phenoxy) is 1. The number of esters is 1. The van der Waals surface area contributed by atoms with E-state index in [1.165, 1.54) is 16.9 Å². The largest absolute Gasteiger partial charge is 0.466 e. The highest BCUT2D eigenvalue weighted by Gasteiger charge is 2.05. The van der Waals surface area contributed by atoms with Gasteiger partial charge in [0.1, 0.15) is 0 Å². The van der Waals surface area contributed by atoms with Crippen molar-refractivity contribution in [2.24, 2.45) is 0 Å². The summed E-state index contributed by atoms with van der Waals surface area (Å²) in [7, 11) is 1.40. The summed E-state index contributed by atoms with van der Waals surface area (Å²) >= 11 is 1.83. The molecule has 100 valence electrons. The molecule has 0 amide bonds. The molecule has 0 aliphatic heterocycles. The Balaban J connectivity index is 2.33. The van der Waals surface area contributed by atoms with Gasteiger partial charge in [0, 0.05) is 27.9 Å². The van der Waals surface area contributed by atoms with Crippen LogP contribution in [0.2, 0.25) is 0 Å². The summed E-state index contributed by atoms with van der Waals surface area (Å²) in [6.07, 6.45) is 2.88. The number of carbonyl (C=O) groups excluding carboxylic acids is 1. The summed E-state index contributed by atoms with van der Waals surface area (Å²) in [5, 5.41) is 3.37. The van der Waals surface area contributed by atoms with Crippen LogP contribution < -0.4 is 5.32 Å². The van der Waals surface area contributed by atoms with Gasteiger partial charge in [0.25, 0.3) is 0 Å². The minimum atomic E-state index is -0.265. The second kappa shape index (κ2) is 7.34. The highest BCUT2D eigenvalue weighted by Crippen LogP contribution is 2.16. The Morgan fingerprint density at radius 2 is 2.28 bits per heavy atom. The van der Waals surface area contributed by atoms with Crippen LogP contribution in [0.25, 0.3) is 0 Å². The first-order valence-corrected chi connectivity index (χ1v) is 6.88. The first-order valence-electron chi connectivity index (χ1n) is 6.06. The van der Waals surface area contributed by atoms with Gasteiger partial charge < -0.3 is 10.1 Å². The summed E-state index contributed by atoms with van der Waals surface area (Å²) in [6, 6.07) is 4.71. The zero-order chi connectivity index (χ0) is 13.5. The van der Waals surface area contributed by atoms with Gasteiger partial charge in [0.15, 0.2) is 0 Å². The molecular formula is C14H21NO2S. The lowest BCUT2D eigenvalue weighted by molar-refractivity contribution is -0.136. The first-order chi connectivity index (χ1) is 8.52. The number of methoxy groups -OCH3 is 1. The van der Waals surface area contributed by atoms with Crippen LogP contribution in [-0.4, -0.2) is 25.7 Å². The van der Waals surface area contributed by atoms with Crippen molar-refractivity contribution in [1.82, 2.24) is 5.32 Å². The highest BCUT2D eigenvalue weighted by atomic mass is 32.1. The molecule has 4 heteroatoms. The van der Waals surface area contributed by atoms with Gasteiger partial charge in [0.05, 0.1) is 7.11 Å². The fourth-order valence-corrected chi connectivity index (χ4v) is 2.65. The van der Waals surface area contributed by atoms with Crippen molar-refractivity contribution in [3.63, 3.8) is 0 Å². The average molecular weight is 267 g/mol. The Morgan fingerprint density at radius 1 is 1.56 bits per heavy atom. The minimum Gasteiger partial charge on any atom is -0.466 e. The first kappa shape index (κ1) is 14.9. The molecule has 1 aromatic heterocycles. The second-order valence-corrected chi connectivity index (χ2v) is 5.78. The maximum absolute atomic E-state index is 11.2. The highest BCUT2D eigenvalue weighted by molar-refractivity contribution is 7.11. The Morgan fingerprint density at radius 3 is 2.83 bits per heavy atom. The number of nitrogens with one attached hydrogen (secondary N) is 1. The number of aryl methyl sites for hydroxylation is 1. The van der Waals surface area contributed by atoms with Crippen molar-refractivity contribution >= 4 is 17.3 Å². The Hall–Kier alpha value is -1.13. The lowest BCUT2D eigenvalue weighted by atomic mass is 10.2. The normalized spacial score (nSPS) is 13.4. The fraction of sp³-hybridized carbons (Fsp3) is 0.500. The van der Waals surface area contributed by atoms with E-state index < -0.39 is 0 Å². The Labute approximate surface area is 113 Å². The van der Waals surface area contributed by atoms with Crippen LogP contribution in [0.5, 0.6) is 0 Å². The number of thiophene rings is 1. The summed E-state index contributed by atoms with van der Waals surface area (Å²) in [5.41, 5.74) is 0.643. The van der Waals surface area contributed by atoms with Crippen LogP contribution in [0, 0.1) is 6.92 Å². The van der Waals surface area contributed by atoms with Crippen LogP contribution in [0.4, 0.5) is 0 Å². The molecule has 0 aliphatic carbocycles. The lowest BCUT2D eigenvalue weighted by Crippen LogP contribution is -2.28. The van der Waals surface area contributed by atoms with Crippen LogP contribution >= 0.6 is 11.3 Å². The molecule has 3 nitrogen and oxygen atoms in total. The van der Waals surface area contributed by atoms with E-state index in [1.807, 2.05) is 17.4 Å². The van der Waals surface area contributed by atoms with E-state index in [9.17, 15) is 4.79 Å². The third-order valence-electron chi connectivity index (χ3n) is 2.69. The quantitative estimate of drug-likeness (QED) is 0.636. The van der Waals surface area contributed by atoms with Crippen molar-refractivity contribution in [2.75, 3.05) is 13.7 Å². The smallest absolute Gasteiger partial charge is 0.333 e. The molecule has 0 saturated carbocycles. The predicted octanol–water partition coefficient (Wildman–Crippen LogP) is 2.70. The topological polar surface area (TPSA) is 38.3 Å². The van der Waals surface area contributed by atoms with Crippen LogP contribution in [0.1, 0.15) is 23.6 Å². The lowest BCUT2D eigenvalue weighted by Gasteiger charge is -2.11. The van der Waals surface area contributed by atoms with Gasteiger partial charge in [0.2, 0.25) is 0 Å². The third kappa shape index (κ3) is 5.02. The summed E-state index contributed by atoms with van der Waals surface area (Å²) in [5.74, 6) is -0.265. The molecule has 1 atom stereocenters. The number of hydrogen-bond donors (Lipinski definition) is 1. The molecule has 0 saturated heterocycles. The van der Waals surface area contributed by atoms with Gasteiger partial charge in [-0.3, -0.25) is 0 Å². The van der Waals surface area contributed by atoms with Crippen LogP contribution in [0.15, 0.2) is 23.8 Å². The number of carbonyl (C=O) groups is 1. The molecular weight excluding hydrogens is 246 g/mol. The van der Waals surface area contributed by atoms with E-state index >= 15 is 0 Å². The van der Waals surface area contributed by atoms with Gasteiger partial charge in [-0.1, -0.05) is 6.08 Å². The molecule has 1 N–H and O–H groups in total. The molecule has 18 heavy (non-hydrogen) atoms. The number of hydrogen-bond acceptors (Lipinski definition) is 4. The van der Waals surface area contributed by atoms with Gasteiger partial charge in [-0.15, -0.1) is 11.3 Å². The molecule has 0 bridgehead atoms. The van der Waals surface area contributed by atoms with Crippen molar-refractivity contribution in [3.05, 3.63) is 33.5 Å². The SMILES string of the molecule is COC(=O)/C(C)=C/CNC(C)Cc1ccc(C)s1. The van der Waals surface area contributed by atoms with Gasteiger partial charge in [-0.05, 0) is 39.3 Å². The van der Waals surface area contributed by atoms with E-state index in [-0.39, 0.29) is 5.97 Å². The van der Waals surface area contributed by atoms with Gasteiger partial charge in [-0.25, -0.2) is 4.79 Å². The monoisotopic (exact) mass is 267 g/mol. The second-order valence-electron chi connectivity index (χ2n) is 4.40. The summed E-state index contributed by atoms with van der Waals surface area (Å²) in [6.45, 7) is 6.72. The standard InChI is InChI=1S/C14H21NO2S/c1-10(14(16)17-4)7-8-15-11(2)9-13-6-5-12(3)18-13/h5-7,11,15H,8-9H2,1-4H3/b10-7+. The Bertz CT molecular complexity index is 423. The fourth-order valence-electron chi connectivity index (χ4n) is 1.63. The molecule has 0 fully saturated rings. The molecule has 0 spiro atoms. The zero-order valence-corrected chi connectivity index (χ0v) is 12.3. The van der Waals surface area contributed by atoms with E-state index in [4.69, 9.17) is 0 Å². The third-order valence-corrected chi connectivity index (χ3v) is 3.71. The van der Waals surface area contributed by atoms with E-state index in [0.29, 0.717) is 18.2 Å². The maximum Gasteiger partial charge on any atom is 0.333 e. The minimum absolute atomic E-state index is 0.265. The van der Waals surface area contributed by atoms with Crippen molar-refractivity contribution in [2.45, 2.75) is 33.2 Å². The Kier molecular flexibility index (Phi) is 6.09. The molecule has 0 aliphatic rings. The van der Waals surface area contributed by atoms with E-state index in [0.717, 1.165) is 6.42 Å². The maximum atomic E-state index is 11.2. The molecule has 0 radical (unpaired) electrons. The van der Waals surface area contributed by atoms with Crippen LogP contribution in [-0.2, 0) is 16.0 Å². The molecule has 1 heterocycles. The number of rotatable bonds is 6. The van der Waals surface area contributed by atoms with Crippen LogP contribution in [0.3, 0.4) is 0 Å². The van der Waals surface area contributed by atoms with Crippen molar-refractivity contribution in [3.8, 4) is 0 Å². The summed E-state index contributed by atoms with van der Waals surface area (Å²) in [4.78, 5) is 13.9. The van der Waals surface area contributed by atoms with Crippen molar-refractivity contribution in [1.29, 1.82) is 0 Å². The van der Waals surface area contributed by atoms with Crippen molar-refractivity contribution < 1.29 is 9.53 Å². The zero-order valence-electron chi connectivity index (χ0n) is 11.4. The summed E-state index contributed by atoms with van der Waals surface area (Å²) < 4.78 is 4.63. The van der Waals surface area contributed by atoms with E-state index in [2.05, 4.69) is 36.0 Å². The molecule has 1 aromatic rings. The average Bonchev–Trinajstić information content (AvgIpc) is 2.73. The van der Waals surface area contributed by atoms with Gasteiger partial charge >= 0.3 is 5.97 Å². The van der Waals surface area contributed by atoms with E-state index in [1.54, 1.807) is 6.92 Å². The molecule has 0 aromatic carbocycles. The van der Waals surface area contributed by atoms with Gasteiger partial charge in [-0.2, -0.15) is 0 Å². The predicted molar refractivity (Wildman–Crippen MR) is 76.0 cm³/mol.